The minimum absolute atomic E-state index is 0.107. The van der Waals surface area contributed by atoms with E-state index in [9.17, 15) is 9.59 Å². The summed E-state index contributed by atoms with van der Waals surface area (Å²) in [7, 11) is 0. The number of benzene rings is 2. The molecular formula is C35H47ClN4O2S. The minimum atomic E-state index is 0.107. The van der Waals surface area contributed by atoms with E-state index in [1.165, 1.54) is 43.5 Å². The Bertz CT molecular complexity index is 1380. The Hall–Kier alpha value is -3.00. The Kier molecular flexibility index (Phi) is 14.4. The number of hydrogen-bond donors (Lipinski definition) is 3. The number of anilines is 1. The van der Waals surface area contributed by atoms with Crippen LogP contribution in [-0.2, 0) is 15.3 Å². The summed E-state index contributed by atoms with van der Waals surface area (Å²) < 4.78 is 0. The van der Waals surface area contributed by atoms with Crippen LogP contribution in [0.2, 0.25) is 5.02 Å². The van der Waals surface area contributed by atoms with Crippen LogP contribution in [0.1, 0.15) is 73.2 Å². The molecule has 2 heterocycles. The van der Waals surface area contributed by atoms with Gasteiger partial charge in [-0.2, -0.15) is 0 Å². The molecule has 4 rings (SSSR count). The monoisotopic (exact) mass is 622 g/mol. The quantitative estimate of drug-likeness (QED) is 0.0734. The van der Waals surface area contributed by atoms with Crippen molar-refractivity contribution in [2.24, 2.45) is 0 Å². The number of unbranched alkanes of at least 4 members (excludes halogenated alkanes) is 2. The number of nitrogens with zero attached hydrogens (tertiary/aromatic N) is 1. The van der Waals surface area contributed by atoms with E-state index < -0.39 is 0 Å². The van der Waals surface area contributed by atoms with Gasteiger partial charge < -0.3 is 20.5 Å². The second-order valence-corrected chi connectivity index (χ2v) is 12.4. The molecule has 0 saturated carbocycles. The summed E-state index contributed by atoms with van der Waals surface area (Å²) in [6, 6.07) is 14.2. The standard InChI is InChI=1S/C24H23ClN2OS.C11H24N2O/c1-14-15(2)23(27-16(14)3)11-20-19-10-18(8-9-22(19)26-12-24(20)28)29-13-17-6-4-5-7-21(17)25;1-3-9-13(4-2)10-7-5-6-8-12-11-14/h4-11,26-27H,12-13H2,1-3H3;11H,3-10H2,1-2H3,(H,12,14)/b20-11-;. The van der Waals surface area contributed by atoms with Crippen molar-refractivity contribution in [3.8, 4) is 0 Å². The van der Waals surface area contributed by atoms with Crippen LogP contribution < -0.4 is 10.6 Å². The molecule has 0 radical (unpaired) electrons. The number of ketones is 1. The first-order valence-electron chi connectivity index (χ1n) is 15.3. The Morgan fingerprint density at radius 3 is 2.49 bits per heavy atom. The summed E-state index contributed by atoms with van der Waals surface area (Å²) in [4.78, 5) is 29.7. The first kappa shape index (κ1) is 34.5. The lowest BCUT2D eigenvalue weighted by Gasteiger charge is -2.21. The second kappa shape index (κ2) is 18.0. The number of thioether (sulfide) groups is 1. The lowest BCUT2D eigenvalue weighted by Crippen LogP contribution is -2.25. The number of Topliss-reactive ketones (excluding diaryl/α,β-unsaturated/α-hetero) is 1. The molecule has 0 atom stereocenters. The summed E-state index contributed by atoms with van der Waals surface area (Å²) in [5.41, 5.74) is 8.38. The zero-order chi connectivity index (χ0) is 31.2. The molecule has 232 valence electrons. The van der Waals surface area contributed by atoms with E-state index in [2.05, 4.69) is 73.3 Å². The number of carbonyl (C=O) groups excluding carboxylic acids is 2. The number of amides is 1. The van der Waals surface area contributed by atoms with Crippen molar-refractivity contribution in [3.63, 3.8) is 0 Å². The number of hydrogen-bond acceptors (Lipinski definition) is 5. The molecule has 0 fully saturated rings. The van der Waals surface area contributed by atoms with Gasteiger partial charge in [-0.05, 0) is 107 Å². The molecule has 3 aromatic rings. The van der Waals surface area contributed by atoms with E-state index in [1.807, 2.05) is 30.3 Å². The molecule has 1 amide bonds. The third kappa shape index (κ3) is 10.3. The molecule has 1 aliphatic heterocycles. The second-order valence-electron chi connectivity index (χ2n) is 10.9. The highest BCUT2D eigenvalue weighted by Gasteiger charge is 2.22. The van der Waals surface area contributed by atoms with Gasteiger partial charge in [-0.1, -0.05) is 50.1 Å². The molecule has 0 unspecified atom stereocenters. The smallest absolute Gasteiger partial charge is 0.207 e. The van der Waals surface area contributed by atoms with Gasteiger partial charge >= 0.3 is 0 Å². The number of carbonyl (C=O) groups is 2. The van der Waals surface area contributed by atoms with Gasteiger partial charge in [0.15, 0.2) is 5.78 Å². The van der Waals surface area contributed by atoms with Gasteiger partial charge in [-0.25, -0.2) is 0 Å². The summed E-state index contributed by atoms with van der Waals surface area (Å²) in [5.74, 6) is 0.891. The van der Waals surface area contributed by atoms with Crippen molar-refractivity contribution in [1.82, 2.24) is 15.2 Å². The topological polar surface area (TPSA) is 77.2 Å². The summed E-state index contributed by atoms with van der Waals surface area (Å²) >= 11 is 8.01. The van der Waals surface area contributed by atoms with Gasteiger partial charge in [0.2, 0.25) is 6.41 Å². The number of aryl methyl sites for hydroxylation is 1. The van der Waals surface area contributed by atoms with E-state index in [0.717, 1.165) is 75.4 Å². The molecule has 2 aromatic carbocycles. The zero-order valence-corrected chi connectivity index (χ0v) is 27.9. The maximum absolute atomic E-state index is 12.7. The highest BCUT2D eigenvalue weighted by atomic mass is 35.5. The molecule has 0 bridgehead atoms. The molecular weight excluding hydrogens is 576 g/mol. The summed E-state index contributed by atoms with van der Waals surface area (Å²) in [6.45, 7) is 15.4. The molecule has 0 spiro atoms. The lowest BCUT2D eigenvalue weighted by atomic mass is 9.94. The van der Waals surface area contributed by atoms with Gasteiger partial charge in [0.25, 0.3) is 0 Å². The van der Waals surface area contributed by atoms with Gasteiger partial charge in [-0.3, -0.25) is 9.59 Å². The van der Waals surface area contributed by atoms with Crippen LogP contribution >= 0.6 is 23.4 Å². The van der Waals surface area contributed by atoms with E-state index in [0.29, 0.717) is 6.54 Å². The van der Waals surface area contributed by atoms with Gasteiger partial charge in [0, 0.05) is 50.4 Å². The van der Waals surface area contributed by atoms with Crippen molar-refractivity contribution in [3.05, 3.63) is 81.1 Å². The van der Waals surface area contributed by atoms with Crippen molar-refractivity contribution in [2.45, 2.75) is 71.0 Å². The number of aromatic nitrogens is 1. The number of aromatic amines is 1. The number of fused-ring (bicyclic) bond motifs is 1. The maximum Gasteiger partial charge on any atom is 0.207 e. The number of nitrogens with one attached hydrogen (secondary N) is 3. The van der Waals surface area contributed by atoms with Crippen LogP contribution in [0.4, 0.5) is 5.69 Å². The van der Waals surface area contributed by atoms with E-state index >= 15 is 0 Å². The predicted molar refractivity (Wildman–Crippen MR) is 184 cm³/mol. The SMILES string of the molecule is CCCN(CC)CCCCCNC=O.Cc1[nH]c(/C=C2\C(=O)CNc3ccc(SCc4ccccc4Cl)cc32)c(C)c1C. The molecule has 8 heteroatoms. The molecule has 3 N–H and O–H groups in total. The molecule has 1 aliphatic rings. The molecule has 43 heavy (non-hydrogen) atoms. The molecule has 0 aliphatic carbocycles. The molecule has 1 aromatic heterocycles. The fraction of sp³-hybridized carbons (Fsp3) is 0.429. The van der Waals surface area contributed by atoms with Crippen molar-refractivity contribution in [2.75, 3.05) is 38.0 Å². The number of H-pyrrole nitrogens is 1. The Balaban J connectivity index is 0.000000308. The largest absolute Gasteiger partial charge is 0.377 e. The van der Waals surface area contributed by atoms with Crippen molar-refractivity contribution in [1.29, 1.82) is 0 Å². The number of halogens is 1. The van der Waals surface area contributed by atoms with Crippen LogP contribution in [0.3, 0.4) is 0 Å². The summed E-state index contributed by atoms with van der Waals surface area (Å²) in [6.07, 6.45) is 7.56. The van der Waals surface area contributed by atoms with E-state index in [1.54, 1.807) is 11.8 Å². The first-order chi connectivity index (χ1) is 20.8. The van der Waals surface area contributed by atoms with Gasteiger partial charge in [0.05, 0.1) is 6.54 Å². The van der Waals surface area contributed by atoms with Gasteiger partial charge in [-0.15, -0.1) is 11.8 Å². The fourth-order valence-electron chi connectivity index (χ4n) is 5.05. The van der Waals surface area contributed by atoms with Crippen molar-refractivity contribution >= 4 is 52.9 Å². The van der Waals surface area contributed by atoms with Crippen LogP contribution in [0.25, 0.3) is 11.6 Å². The Morgan fingerprint density at radius 1 is 1.02 bits per heavy atom. The van der Waals surface area contributed by atoms with Crippen LogP contribution in [0, 0.1) is 20.8 Å². The first-order valence-corrected chi connectivity index (χ1v) is 16.7. The third-order valence-electron chi connectivity index (χ3n) is 7.88. The predicted octanol–water partition coefficient (Wildman–Crippen LogP) is 8.06. The highest BCUT2D eigenvalue weighted by Crippen LogP contribution is 2.36. The molecule has 0 saturated heterocycles. The zero-order valence-electron chi connectivity index (χ0n) is 26.3. The maximum atomic E-state index is 12.7. The molecule has 6 nitrogen and oxygen atoms in total. The van der Waals surface area contributed by atoms with E-state index in [-0.39, 0.29) is 5.78 Å². The normalized spacial score (nSPS) is 13.4. The average molecular weight is 623 g/mol. The lowest BCUT2D eigenvalue weighted by molar-refractivity contribution is -0.112. The van der Waals surface area contributed by atoms with Crippen LogP contribution in [0.5, 0.6) is 0 Å². The van der Waals surface area contributed by atoms with Gasteiger partial charge in [0.1, 0.15) is 0 Å². The fourth-order valence-corrected chi connectivity index (χ4v) is 6.27. The number of rotatable bonds is 14. The van der Waals surface area contributed by atoms with Crippen LogP contribution in [-0.4, -0.2) is 54.8 Å². The minimum Gasteiger partial charge on any atom is -0.377 e. The third-order valence-corrected chi connectivity index (χ3v) is 9.29. The van der Waals surface area contributed by atoms with Crippen LogP contribution in [0.15, 0.2) is 47.4 Å². The summed E-state index contributed by atoms with van der Waals surface area (Å²) in [5, 5.41) is 6.70. The average Bonchev–Trinajstić information content (AvgIpc) is 3.25. The van der Waals surface area contributed by atoms with E-state index in [4.69, 9.17) is 11.6 Å². The van der Waals surface area contributed by atoms with Crippen molar-refractivity contribution < 1.29 is 9.59 Å². The Labute approximate surface area is 267 Å². The highest BCUT2D eigenvalue weighted by molar-refractivity contribution is 7.98. The Morgan fingerprint density at radius 2 is 1.81 bits per heavy atom.